The number of benzene rings is 1. The highest BCUT2D eigenvalue weighted by atomic mass is 35.5. The second-order valence-electron chi connectivity index (χ2n) is 4.64. The van der Waals surface area contributed by atoms with Crippen molar-refractivity contribution in [2.24, 2.45) is 0 Å². The maximum Gasteiger partial charge on any atom is 0.246 e. The van der Waals surface area contributed by atoms with E-state index in [2.05, 4.69) is 10.4 Å². The first-order valence-corrected chi connectivity index (χ1v) is 6.73. The normalized spacial score (nSPS) is 10.5. The molecular formula is C14H17ClN4O2. The molecule has 112 valence electrons. The third-order valence-electron chi connectivity index (χ3n) is 3.17. The van der Waals surface area contributed by atoms with Gasteiger partial charge in [0.15, 0.2) is 0 Å². The van der Waals surface area contributed by atoms with Gasteiger partial charge in [-0.25, -0.2) is 0 Å². The van der Waals surface area contributed by atoms with Gasteiger partial charge in [-0.2, -0.15) is 5.10 Å². The third kappa shape index (κ3) is 3.28. The molecule has 3 N–H and O–H groups in total. The standard InChI is InChI=1S/C14H17ClN4O2/c1-8-14(16)9(2)19(18-8)7-13(20)17-10-4-5-12(21-3)11(15)6-10/h4-6H,7,16H2,1-3H3,(H,17,20). The quantitative estimate of drug-likeness (QED) is 0.908. The number of aromatic nitrogens is 2. The van der Waals surface area contributed by atoms with Gasteiger partial charge in [0.2, 0.25) is 5.91 Å². The van der Waals surface area contributed by atoms with Gasteiger partial charge in [0.25, 0.3) is 0 Å². The van der Waals surface area contributed by atoms with Gasteiger partial charge in [-0.05, 0) is 32.0 Å². The lowest BCUT2D eigenvalue weighted by Crippen LogP contribution is -2.20. The summed E-state index contributed by atoms with van der Waals surface area (Å²) in [4.78, 5) is 12.0. The van der Waals surface area contributed by atoms with Crippen LogP contribution in [0, 0.1) is 13.8 Å². The first-order chi connectivity index (χ1) is 9.92. The molecule has 0 bridgehead atoms. The Kier molecular flexibility index (Phi) is 4.37. The summed E-state index contributed by atoms with van der Waals surface area (Å²) in [5, 5.41) is 7.41. The van der Waals surface area contributed by atoms with Crippen LogP contribution in [0.25, 0.3) is 0 Å². The first kappa shape index (κ1) is 15.2. The molecule has 0 aliphatic heterocycles. The van der Waals surface area contributed by atoms with Crippen molar-refractivity contribution in [2.75, 3.05) is 18.2 Å². The Hall–Kier alpha value is -2.21. The van der Waals surface area contributed by atoms with Gasteiger partial charge in [0.05, 0.1) is 29.2 Å². The lowest BCUT2D eigenvalue weighted by molar-refractivity contribution is -0.116. The van der Waals surface area contributed by atoms with Gasteiger partial charge < -0.3 is 15.8 Å². The van der Waals surface area contributed by atoms with Crippen LogP contribution in [0.5, 0.6) is 5.75 Å². The van der Waals surface area contributed by atoms with Gasteiger partial charge >= 0.3 is 0 Å². The molecule has 0 radical (unpaired) electrons. The Morgan fingerprint density at radius 1 is 1.48 bits per heavy atom. The summed E-state index contributed by atoms with van der Waals surface area (Å²) in [5.41, 5.74) is 8.53. The summed E-state index contributed by atoms with van der Waals surface area (Å²) in [5.74, 6) is 0.350. The number of methoxy groups -OCH3 is 1. The average molecular weight is 309 g/mol. The maximum absolute atomic E-state index is 12.0. The first-order valence-electron chi connectivity index (χ1n) is 6.35. The number of carbonyl (C=O) groups excluding carboxylic acids is 1. The van der Waals surface area contributed by atoms with Crippen molar-refractivity contribution < 1.29 is 9.53 Å². The number of carbonyl (C=O) groups is 1. The van der Waals surface area contributed by atoms with E-state index >= 15 is 0 Å². The van der Waals surface area contributed by atoms with E-state index in [1.165, 1.54) is 7.11 Å². The molecule has 21 heavy (non-hydrogen) atoms. The molecule has 0 saturated heterocycles. The number of rotatable bonds is 4. The van der Waals surface area contributed by atoms with Crippen LogP contribution in [-0.2, 0) is 11.3 Å². The summed E-state index contributed by atoms with van der Waals surface area (Å²) >= 11 is 6.01. The average Bonchev–Trinajstić information content (AvgIpc) is 2.66. The number of hydrogen-bond donors (Lipinski definition) is 2. The fourth-order valence-electron chi connectivity index (χ4n) is 1.95. The molecule has 0 saturated carbocycles. The smallest absolute Gasteiger partial charge is 0.246 e. The van der Waals surface area contributed by atoms with Crippen molar-refractivity contribution >= 4 is 28.9 Å². The van der Waals surface area contributed by atoms with E-state index in [-0.39, 0.29) is 12.5 Å². The van der Waals surface area contributed by atoms with Crippen LogP contribution >= 0.6 is 11.6 Å². The minimum atomic E-state index is -0.207. The Morgan fingerprint density at radius 2 is 2.19 bits per heavy atom. The Bertz CT molecular complexity index is 682. The minimum absolute atomic E-state index is 0.0908. The molecule has 1 heterocycles. The van der Waals surface area contributed by atoms with Crippen LogP contribution in [0.15, 0.2) is 18.2 Å². The zero-order valence-electron chi connectivity index (χ0n) is 12.1. The Morgan fingerprint density at radius 3 is 2.71 bits per heavy atom. The molecule has 7 heteroatoms. The zero-order valence-corrected chi connectivity index (χ0v) is 12.9. The van der Waals surface area contributed by atoms with Crippen molar-refractivity contribution in [1.29, 1.82) is 0 Å². The van der Waals surface area contributed by atoms with Crippen molar-refractivity contribution in [3.63, 3.8) is 0 Å². The number of nitrogens with one attached hydrogen (secondary N) is 1. The van der Waals surface area contributed by atoms with E-state index < -0.39 is 0 Å². The summed E-state index contributed by atoms with van der Waals surface area (Å²) in [6.07, 6.45) is 0. The van der Waals surface area contributed by atoms with Crippen LogP contribution in [-0.4, -0.2) is 22.8 Å². The van der Waals surface area contributed by atoms with E-state index in [1.807, 2.05) is 6.92 Å². The van der Waals surface area contributed by atoms with Crippen LogP contribution in [0.2, 0.25) is 5.02 Å². The van der Waals surface area contributed by atoms with Crippen molar-refractivity contribution in [1.82, 2.24) is 9.78 Å². The molecule has 0 fully saturated rings. The van der Waals surface area contributed by atoms with Crippen molar-refractivity contribution in [3.8, 4) is 5.75 Å². The predicted molar refractivity (Wildman–Crippen MR) is 82.7 cm³/mol. The second-order valence-corrected chi connectivity index (χ2v) is 5.05. The van der Waals surface area contributed by atoms with Crippen LogP contribution in [0.3, 0.4) is 0 Å². The molecule has 0 aliphatic carbocycles. The fourth-order valence-corrected chi connectivity index (χ4v) is 2.20. The SMILES string of the molecule is COc1ccc(NC(=O)Cn2nc(C)c(N)c2C)cc1Cl. The van der Waals surface area contributed by atoms with Gasteiger partial charge in [-0.15, -0.1) is 0 Å². The molecular weight excluding hydrogens is 292 g/mol. The number of nitrogens with zero attached hydrogens (tertiary/aromatic N) is 2. The monoisotopic (exact) mass is 308 g/mol. The van der Waals surface area contributed by atoms with Crippen LogP contribution in [0.4, 0.5) is 11.4 Å². The number of halogens is 1. The molecule has 0 aliphatic rings. The van der Waals surface area contributed by atoms with Gasteiger partial charge in [0, 0.05) is 5.69 Å². The molecule has 1 amide bonds. The number of nitrogen functional groups attached to an aromatic ring is 1. The summed E-state index contributed by atoms with van der Waals surface area (Å²) in [7, 11) is 1.53. The highest BCUT2D eigenvalue weighted by Crippen LogP contribution is 2.27. The van der Waals surface area contributed by atoms with Crippen molar-refractivity contribution in [2.45, 2.75) is 20.4 Å². The van der Waals surface area contributed by atoms with Crippen molar-refractivity contribution in [3.05, 3.63) is 34.6 Å². The summed E-state index contributed by atoms with van der Waals surface area (Å²) < 4.78 is 6.63. The topological polar surface area (TPSA) is 82.2 Å². The largest absolute Gasteiger partial charge is 0.495 e. The number of ether oxygens (including phenoxy) is 1. The fraction of sp³-hybridized carbons (Fsp3) is 0.286. The number of hydrogen-bond acceptors (Lipinski definition) is 4. The summed E-state index contributed by atoms with van der Waals surface area (Å²) in [6, 6.07) is 5.05. The molecule has 1 aromatic heterocycles. The number of anilines is 2. The lowest BCUT2D eigenvalue weighted by Gasteiger charge is -2.09. The predicted octanol–water partition coefficient (Wildman–Crippen LogP) is 2.38. The van der Waals surface area contributed by atoms with E-state index in [9.17, 15) is 4.79 Å². The van der Waals surface area contributed by atoms with E-state index in [0.29, 0.717) is 27.8 Å². The Labute approximate surface area is 127 Å². The molecule has 2 rings (SSSR count). The van der Waals surface area contributed by atoms with Crippen LogP contribution in [0.1, 0.15) is 11.4 Å². The highest BCUT2D eigenvalue weighted by molar-refractivity contribution is 6.32. The molecule has 1 aromatic carbocycles. The van der Waals surface area contributed by atoms with E-state index in [0.717, 1.165) is 5.69 Å². The molecule has 0 unspecified atom stereocenters. The third-order valence-corrected chi connectivity index (χ3v) is 3.46. The highest BCUT2D eigenvalue weighted by Gasteiger charge is 2.12. The minimum Gasteiger partial charge on any atom is -0.495 e. The molecule has 6 nitrogen and oxygen atoms in total. The second kappa shape index (κ2) is 6.05. The molecule has 2 aromatic rings. The molecule has 0 spiro atoms. The van der Waals surface area contributed by atoms with E-state index in [1.54, 1.807) is 29.8 Å². The van der Waals surface area contributed by atoms with Gasteiger partial charge in [0.1, 0.15) is 12.3 Å². The maximum atomic E-state index is 12.0. The van der Waals surface area contributed by atoms with E-state index in [4.69, 9.17) is 22.1 Å². The van der Waals surface area contributed by atoms with Crippen LogP contribution < -0.4 is 15.8 Å². The number of nitrogens with two attached hydrogens (primary N) is 1. The lowest BCUT2D eigenvalue weighted by atomic mass is 10.3. The Balaban J connectivity index is 2.08. The molecule has 0 atom stereocenters. The van der Waals surface area contributed by atoms with Gasteiger partial charge in [-0.1, -0.05) is 11.6 Å². The number of aryl methyl sites for hydroxylation is 1. The summed E-state index contributed by atoms with van der Waals surface area (Å²) in [6.45, 7) is 3.72. The zero-order chi connectivity index (χ0) is 15.6. The van der Waals surface area contributed by atoms with Gasteiger partial charge in [-0.3, -0.25) is 9.48 Å². The number of amides is 1.